The van der Waals surface area contributed by atoms with Gasteiger partial charge in [-0.2, -0.15) is 13.2 Å². The third-order valence-electron chi connectivity index (χ3n) is 4.46. The van der Waals surface area contributed by atoms with E-state index >= 15 is 0 Å². The molecule has 1 unspecified atom stereocenters. The van der Waals surface area contributed by atoms with Gasteiger partial charge >= 0.3 is 6.18 Å². The van der Waals surface area contributed by atoms with E-state index in [1.54, 1.807) is 6.92 Å². The van der Waals surface area contributed by atoms with Crippen molar-refractivity contribution in [2.24, 2.45) is 11.8 Å². The molecule has 0 radical (unpaired) electrons. The highest BCUT2D eigenvalue weighted by atomic mass is 35.5. The first-order valence-electron chi connectivity index (χ1n) is 6.97. The average Bonchev–Trinajstić information content (AvgIpc) is 2.38. The molecule has 8 heteroatoms. The second kappa shape index (κ2) is 6.48. The number of carbonyl (C=O) groups is 1. The van der Waals surface area contributed by atoms with Crippen molar-refractivity contribution in [3.8, 4) is 0 Å². The van der Waals surface area contributed by atoms with Gasteiger partial charge in [0.2, 0.25) is 5.91 Å². The lowest BCUT2D eigenvalue weighted by Crippen LogP contribution is -2.55. The topological polar surface area (TPSA) is 29.1 Å². The SMILES string of the molecule is CC(NC(=O)CCl)(c1ccc(F)c(Cl)c1)C1CC(C(F)(F)F)C1. The summed E-state index contributed by atoms with van der Waals surface area (Å²) in [4.78, 5) is 11.7. The van der Waals surface area contributed by atoms with Crippen molar-refractivity contribution >= 4 is 29.1 Å². The molecule has 1 amide bonds. The van der Waals surface area contributed by atoms with E-state index < -0.39 is 35.3 Å². The van der Waals surface area contributed by atoms with Crippen LogP contribution in [0.25, 0.3) is 0 Å². The summed E-state index contributed by atoms with van der Waals surface area (Å²) in [6.45, 7) is 1.61. The van der Waals surface area contributed by atoms with Crippen LogP contribution in [-0.2, 0) is 10.3 Å². The summed E-state index contributed by atoms with van der Waals surface area (Å²) in [5, 5.41) is 2.51. The predicted molar refractivity (Wildman–Crippen MR) is 79.9 cm³/mol. The molecule has 1 N–H and O–H groups in total. The monoisotopic (exact) mass is 371 g/mol. The molecule has 1 atom stereocenters. The summed E-state index contributed by atoms with van der Waals surface area (Å²) in [5.41, 5.74) is -0.640. The van der Waals surface area contributed by atoms with Crippen molar-refractivity contribution in [1.29, 1.82) is 0 Å². The molecule has 2 nitrogen and oxygen atoms in total. The normalized spacial score (nSPS) is 23.8. The number of alkyl halides is 4. The molecule has 1 aromatic rings. The Balaban J connectivity index is 2.30. The zero-order valence-electron chi connectivity index (χ0n) is 12.2. The summed E-state index contributed by atoms with van der Waals surface area (Å²) in [5.74, 6) is -3.30. The lowest BCUT2D eigenvalue weighted by molar-refractivity contribution is -0.211. The van der Waals surface area contributed by atoms with Crippen LogP contribution in [0.2, 0.25) is 5.02 Å². The molecule has 0 aliphatic heterocycles. The Morgan fingerprint density at radius 1 is 1.30 bits per heavy atom. The molecule has 1 saturated carbocycles. The second-order valence-electron chi connectivity index (χ2n) is 5.92. The molecule has 23 heavy (non-hydrogen) atoms. The Bertz CT molecular complexity index is 602. The highest BCUT2D eigenvalue weighted by Crippen LogP contribution is 2.51. The van der Waals surface area contributed by atoms with Crippen LogP contribution < -0.4 is 5.32 Å². The largest absolute Gasteiger partial charge is 0.391 e. The second-order valence-corrected chi connectivity index (χ2v) is 6.59. The number of rotatable bonds is 4. The molecule has 0 heterocycles. The van der Waals surface area contributed by atoms with Gasteiger partial charge in [-0.3, -0.25) is 4.79 Å². The number of amides is 1. The van der Waals surface area contributed by atoms with Crippen molar-refractivity contribution in [2.45, 2.75) is 31.5 Å². The van der Waals surface area contributed by atoms with Gasteiger partial charge in [0.15, 0.2) is 0 Å². The van der Waals surface area contributed by atoms with Crippen LogP contribution in [0.15, 0.2) is 18.2 Å². The fourth-order valence-electron chi connectivity index (χ4n) is 2.91. The van der Waals surface area contributed by atoms with Gasteiger partial charge in [-0.25, -0.2) is 4.39 Å². The Kier molecular flexibility index (Phi) is 5.16. The third-order valence-corrected chi connectivity index (χ3v) is 4.99. The summed E-state index contributed by atoms with van der Waals surface area (Å²) in [6, 6.07) is 3.87. The van der Waals surface area contributed by atoms with Crippen molar-refractivity contribution in [1.82, 2.24) is 5.32 Å². The van der Waals surface area contributed by atoms with E-state index in [4.69, 9.17) is 23.2 Å². The van der Waals surface area contributed by atoms with Crippen molar-refractivity contribution in [2.75, 3.05) is 5.88 Å². The van der Waals surface area contributed by atoms with E-state index in [1.807, 2.05) is 0 Å². The van der Waals surface area contributed by atoms with Crippen LogP contribution in [0.5, 0.6) is 0 Å². The maximum atomic E-state index is 13.3. The zero-order chi connectivity index (χ0) is 17.4. The number of nitrogens with one attached hydrogen (secondary N) is 1. The van der Waals surface area contributed by atoms with Crippen LogP contribution in [0, 0.1) is 17.7 Å². The third kappa shape index (κ3) is 3.74. The van der Waals surface area contributed by atoms with Crippen LogP contribution >= 0.6 is 23.2 Å². The van der Waals surface area contributed by atoms with Crippen molar-refractivity contribution < 1.29 is 22.4 Å². The first-order chi connectivity index (χ1) is 10.6. The molecule has 0 aromatic heterocycles. The highest BCUT2D eigenvalue weighted by molar-refractivity contribution is 6.30. The van der Waals surface area contributed by atoms with E-state index in [0.717, 1.165) is 6.07 Å². The first kappa shape index (κ1) is 18.3. The van der Waals surface area contributed by atoms with Crippen molar-refractivity contribution in [3.63, 3.8) is 0 Å². The summed E-state index contributed by atoms with van der Waals surface area (Å²) < 4.78 is 51.5. The fraction of sp³-hybridized carbons (Fsp3) is 0.533. The van der Waals surface area contributed by atoms with Crippen LogP contribution in [0.4, 0.5) is 17.6 Å². The summed E-state index contributed by atoms with van der Waals surface area (Å²) in [6.07, 6.45) is -4.48. The lowest BCUT2D eigenvalue weighted by Gasteiger charge is -2.48. The predicted octanol–water partition coefficient (Wildman–Crippen LogP) is 4.64. The molecule has 1 aliphatic rings. The minimum absolute atomic E-state index is 0.114. The zero-order valence-corrected chi connectivity index (χ0v) is 13.7. The number of hydrogen-bond donors (Lipinski definition) is 1. The standard InChI is InChI=1S/C15H15Cl2F4NO/c1-14(22-13(23)7-16,8-2-3-12(18)11(17)6-8)9-4-10(5-9)15(19,20)21/h2-3,6,9-10H,4-5,7H2,1H3,(H,22,23). The molecule has 0 bridgehead atoms. The molecule has 1 aliphatic carbocycles. The quantitative estimate of drug-likeness (QED) is 0.606. The van der Waals surface area contributed by atoms with Gasteiger partial charge in [0.25, 0.3) is 0 Å². The van der Waals surface area contributed by atoms with Crippen LogP contribution in [0.1, 0.15) is 25.3 Å². The minimum atomic E-state index is -4.26. The highest BCUT2D eigenvalue weighted by Gasteiger charge is 2.54. The fourth-order valence-corrected chi connectivity index (χ4v) is 3.16. The number of benzene rings is 1. The maximum absolute atomic E-state index is 13.3. The van der Waals surface area contributed by atoms with E-state index in [9.17, 15) is 22.4 Å². The number of halogens is 6. The molecular weight excluding hydrogens is 357 g/mol. The van der Waals surface area contributed by atoms with Gasteiger partial charge in [0.1, 0.15) is 11.7 Å². The molecule has 1 fully saturated rings. The van der Waals surface area contributed by atoms with E-state index in [0.29, 0.717) is 5.56 Å². The Morgan fingerprint density at radius 2 is 1.91 bits per heavy atom. The van der Waals surface area contributed by atoms with Gasteiger partial charge in [-0.05, 0) is 43.4 Å². The number of hydrogen-bond acceptors (Lipinski definition) is 1. The molecular formula is C15H15Cl2F4NO. The molecule has 1 aromatic carbocycles. The van der Waals surface area contributed by atoms with Gasteiger partial charge < -0.3 is 5.32 Å². The maximum Gasteiger partial charge on any atom is 0.391 e. The average molecular weight is 372 g/mol. The Hall–Kier alpha value is -1.01. The lowest BCUT2D eigenvalue weighted by atomic mass is 9.63. The Morgan fingerprint density at radius 3 is 2.39 bits per heavy atom. The molecule has 2 rings (SSSR count). The smallest absolute Gasteiger partial charge is 0.346 e. The van der Waals surface area contributed by atoms with Crippen LogP contribution in [-0.4, -0.2) is 18.0 Å². The minimum Gasteiger partial charge on any atom is -0.346 e. The van der Waals surface area contributed by atoms with Gasteiger partial charge in [0, 0.05) is 0 Å². The molecule has 0 spiro atoms. The Labute approximate surface area is 141 Å². The van der Waals surface area contributed by atoms with Gasteiger partial charge in [0.05, 0.1) is 16.5 Å². The van der Waals surface area contributed by atoms with Gasteiger partial charge in [-0.1, -0.05) is 17.7 Å². The van der Waals surface area contributed by atoms with Crippen molar-refractivity contribution in [3.05, 3.63) is 34.6 Å². The van der Waals surface area contributed by atoms with Crippen LogP contribution in [0.3, 0.4) is 0 Å². The molecule has 128 valence electrons. The first-order valence-corrected chi connectivity index (χ1v) is 7.88. The number of carbonyl (C=O) groups excluding carboxylic acids is 1. The molecule has 0 saturated heterocycles. The van der Waals surface area contributed by atoms with E-state index in [2.05, 4.69) is 5.32 Å². The van der Waals surface area contributed by atoms with E-state index in [-0.39, 0.29) is 23.7 Å². The van der Waals surface area contributed by atoms with E-state index in [1.165, 1.54) is 12.1 Å². The summed E-state index contributed by atoms with van der Waals surface area (Å²) in [7, 11) is 0. The summed E-state index contributed by atoms with van der Waals surface area (Å²) >= 11 is 11.3. The van der Waals surface area contributed by atoms with Gasteiger partial charge in [-0.15, -0.1) is 11.6 Å².